The van der Waals surface area contributed by atoms with E-state index in [1.807, 2.05) is 30.3 Å². The number of nitrogens with zero attached hydrogens (tertiary/aromatic N) is 2. The maximum atomic E-state index is 13.1. The average molecular weight is 931 g/mol. The van der Waals surface area contributed by atoms with Crippen LogP contribution in [0.25, 0.3) is 22.5 Å². The molecule has 0 saturated carbocycles. The summed E-state index contributed by atoms with van der Waals surface area (Å²) in [6.45, 7) is 0. The summed E-state index contributed by atoms with van der Waals surface area (Å²) < 4.78 is 125. The molecule has 6 rings (SSSR count). The van der Waals surface area contributed by atoms with Gasteiger partial charge in [-0.05, 0) is 97.1 Å². The SMILES string of the molecule is Nc1cc(Cl)ccc1-c1ccccn1.O=S(=O)(Cl)c1ccc(Cl)c(C(F)(F)F)c1.O=S(=O)(Nc1cc(Cl)ccc1-c1ccccn1)c1ccc(Cl)c(C(F)(F)F)c1. The van der Waals surface area contributed by atoms with Gasteiger partial charge >= 0.3 is 12.4 Å². The monoisotopic (exact) mass is 928 g/mol. The van der Waals surface area contributed by atoms with Crippen LogP contribution in [0, 0.1) is 0 Å². The summed E-state index contributed by atoms with van der Waals surface area (Å²) in [4.78, 5) is 7.15. The molecule has 0 fully saturated rings. The van der Waals surface area contributed by atoms with Crippen LogP contribution in [-0.4, -0.2) is 26.8 Å². The number of hydrogen-bond acceptors (Lipinski definition) is 7. The minimum Gasteiger partial charge on any atom is -0.398 e. The number of hydrogen-bond donors (Lipinski definition) is 2. The molecule has 4 aromatic carbocycles. The number of sulfonamides is 1. The molecule has 57 heavy (non-hydrogen) atoms. The lowest BCUT2D eigenvalue weighted by Gasteiger charge is -2.15. The van der Waals surface area contributed by atoms with Gasteiger partial charge in [-0.3, -0.25) is 14.7 Å². The van der Waals surface area contributed by atoms with E-state index < -0.39 is 62.4 Å². The molecular formula is C36H23Cl5F6N4O4S2. The number of nitrogens with one attached hydrogen (secondary N) is 1. The van der Waals surface area contributed by atoms with E-state index in [0.29, 0.717) is 34.1 Å². The number of aromatic nitrogens is 2. The van der Waals surface area contributed by atoms with Crippen LogP contribution in [0.2, 0.25) is 20.1 Å². The van der Waals surface area contributed by atoms with Gasteiger partial charge in [-0.25, -0.2) is 16.8 Å². The minimum atomic E-state index is -4.79. The second-order valence-electron chi connectivity index (χ2n) is 11.2. The van der Waals surface area contributed by atoms with Gasteiger partial charge in [-0.1, -0.05) is 58.5 Å². The third-order valence-electron chi connectivity index (χ3n) is 7.20. The van der Waals surface area contributed by atoms with Crippen molar-refractivity contribution in [1.29, 1.82) is 0 Å². The van der Waals surface area contributed by atoms with E-state index in [1.54, 1.807) is 42.6 Å². The number of nitrogen functional groups attached to an aromatic ring is 1. The van der Waals surface area contributed by atoms with E-state index >= 15 is 0 Å². The molecule has 0 amide bonds. The van der Waals surface area contributed by atoms with Gasteiger partial charge in [0.2, 0.25) is 0 Å². The molecule has 300 valence electrons. The first-order chi connectivity index (χ1) is 26.5. The van der Waals surface area contributed by atoms with Crippen LogP contribution in [-0.2, 0) is 31.4 Å². The first-order valence-corrected chi connectivity index (χ1v) is 20.7. The second kappa shape index (κ2) is 18.5. The number of halogens is 11. The smallest absolute Gasteiger partial charge is 0.398 e. The van der Waals surface area contributed by atoms with Crippen LogP contribution < -0.4 is 10.5 Å². The summed E-state index contributed by atoms with van der Waals surface area (Å²) in [6, 6.07) is 25.1. The molecule has 0 aliphatic heterocycles. The van der Waals surface area contributed by atoms with Gasteiger partial charge in [0.25, 0.3) is 19.1 Å². The summed E-state index contributed by atoms with van der Waals surface area (Å²) in [5.41, 5.74) is 6.74. The van der Waals surface area contributed by atoms with E-state index in [4.69, 9.17) is 62.8 Å². The van der Waals surface area contributed by atoms with Crippen molar-refractivity contribution < 1.29 is 43.2 Å². The Morgan fingerprint density at radius 1 is 0.561 bits per heavy atom. The first kappa shape index (κ1) is 45.4. The Morgan fingerprint density at radius 2 is 1.02 bits per heavy atom. The highest BCUT2D eigenvalue weighted by Crippen LogP contribution is 2.38. The summed E-state index contributed by atoms with van der Waals surface area (Å²) in [7, 11) is -3.65. The van der Waals surface area contributed by atoms with Crippen LogP contribution in [0.1, 0.15) is 11.1 Å². The summed E-state index contributed by atoms with van der Waals surface area (Å²) >= 11 is 22.6. The molecule has 3 N–H and O–H groups in total. The van der Waals surface area contributed by atoms with Gasteiger partial charge in [0, 0.05) is 49.9 Å². The third-order valence-corrected chi connectivity index (χ3v) is 11.0. The molecule has 0 spiro atoms. The quantitative estimate of drug-likeness (QED) is 0.0965. The molecule has 0 radical (unpaired) electrons. The Kier molecular flexibility index (Phi) is 14.8. The van der Waals surface area contributed by atoms with Crippen molar-refractivity contribution in [3.05, 3.63) is 153 Å². The largest absolute Gasteiger partial charge is 0.417 e. The Hall–Kier alpha value is -4.29. The number of anilines is 2. The Bertz CT molecular complexity index is 2590. The zero-order valence-corrected chi connectivity index (χ0v) is 33.5. The van der Waals surface area contributed by atoms with Crippen molar-refractivity contribution in [2.24, 2.45) is 0 Å². The Labute approximate surface area is 346 Å². The molecule has 0 aliphatic rings. The lowest BCUT2D eigenvalue weighted by atomic mass is 10.1. The topological polar surface area (TPSA) is 132 Å². The van der Waals surface area contributed by atoms with Crippen LogP contribution in [0.3, 0.4) is 0 Å². The first-order valence-electron chi connectivity index (χ1n) is 15.4. The molecule has 2 heterocycles. The second-order valence-corrected chi connectivity index (χ2v) is 17.1. The van der Waals surface area contributed by atoms with Crippen molar-refractivity contribution in [2.75, 3.05) is 10.5 Å². The fourth-order valence-electron chi connectivity index (χ4n) is 4.60. The van der Waals surface area contributed by atoms with Crippen molar-refractivity contribution in [3.8, 4) is 22.5 Å². The Balaban J connectivity index is 0.000000209. The van der Waals surface area contributed by atoms with Gasteiger partial charge in [-0.2, -0.15) is 26.3 Å². The zero-order chi connectivity index (χ0) is 42.3. The Morgan fingerprint density at radius 3 is 1.47 bits per heavy atom. The van der Waals surface area contributed by atoms with Crippen LogP contribution in [0.5, 0.6) is 0 Å². The van der Waals surface area contributed by atoms with E-state index in [2.05, 4.69) is 14.7 Å². The fourth-order valence-corrected chi connectivity index (χ4v) is 7.28. The van der Waals surface area contributed by atoms with Crippen molar-refractivity contribution >= 4 is 87.5 Å². The minimum absolute atomic E-state index is 0.0784. The van der Waals surface area contributed by atoms with Gasteiger partial charge in [-0.15, -0.1) is 0 Å². The van der Waals surface area contributed by atoms with Gasteiger partial charge in [0.1, 0.15) is 0 Å². The lowest BCUT2D eigenvalue weighted by molar-refractivity contribution is -0.138. The number of rotatable bonds is 6. The molecular weight excluding hydrogens is 908 g/mol. The van der Waals surface area contributed by atoms with Crippen LogP contribution >= 0.6 is 57.1 Å². The normalized spacial score (nSPS) is 11.8. The highest BCUT2D eigenvalue weighted by atomic mass is 35.7. The molecule has 21 heteroatoms. The maximum Gasteiger partial charge on any atom is 0.417 e. The summed E-state index contributed by atoms with van der Waals surface area (Å²) in [5, 5.41) is -0.290. The van der Waals surface area contributed by atoms with Crippen molar-refractivity contribution in [1.82, 2.24) is 9.97 Å². The highest BCUT2D eigenvalue weighted by molar-refractivity contribution is 8.13. The molecule has 0 aliphatic carbocycles. The predicted octanol–water partition coefficient (Wildman–Crippen LogP) is 12.1. The van der Waals surface area contributed by atoms with E-state index in [1.165, 1.54) is 12.3 Å². The lowest BCUT2D eigenvalue weighted by Crippen LogP contribution is -2.15. The number of nitrogens with two attached hydrogens (primary N) is 1. The number of alkyl halides is 6. The van der Waals surface area contributed by atoms with E-state index in [-0.39, 0.29) is 10.7 Å². The van der Waals surface area contributed by atoms with Crippen molar-refractivity contribution in [2.45, 2.75) is 22.1 Å². The van der Waals surface area contributed by atoms with Crippen LogP contribution in [0.4, 0.5) is 37.7 Å². The van der Waals surface area contributed by atoms with E-state index in [9.17, 15) is 43.2 Å². The molecule has 0 atom stereocenters. The third kappa shape index (κ3) is 12.6. The molecule has 2 aromatic heterocycles. The molecule has 8 nitrogen and oxygen atoms in total. The molecule has 6 aromatic rings. The highest BCUT2D eigenvalue weighted by Gasteiger charge is 2.35. The van der Waals surface area contributed by atoms with Gasteiger partial charge in [0.05, 0.1) is 48.0 Å². The summed E-state index contributed by atoms with van der Waals surface area (Å²) in [6.07, 6.45) is -6.24. The summed E-state index contributed by atoms with van der Waals surface area (Å²) in [5.74, 6) is 0. The van der Waals surface area contributed by atoms with Crippen LogP contribution in [0.15, 0.2) is 131 Å². The zero-order valence-electron chi connectivity index (χ0n) is 28.1. The molecule has 0 bridgehead atoms. The maximum absolute atomic E-state index is 13.1. The molecule has 0 unspecified atom stereocenters. The molecule has 0 saturated heterocycles. The van der Waals surface area contributed by atoms with Crippen molar-refractivity contribution in [3.63, 3.8) is 0 Å². The van der Waals surface area contributed by atoms with E-state index in [0.717, 1.165) is 35.5 Å². The number of pyridine rings is 2. The predicted molar refractivity (Wildman–Crippen MR) is 211 cm³/mol. The van der Waals surface area contributed by atoms with Gasteiger partial charge < -0.3 is 5.73 Å². The standard InChI is InChI=1S/C18H11Cl2F3N2O2S.C11H9ClN2.C7H3Cl2F3O2S/c19-11-4-6-13(16-3-1-2-8-24-16)17(9-11)25-28(26,27)12-5-7-15(20)14(10-12)18(21,22)23;12-8-4-5-9(10(13)7-8)11-3-1-2-6-14-11;8-6-2-1-4(15(9,13)14)3-5(6)7(10,11)12/h1-10,25H;1-7H,13H2;1-3H. The van der Waals surface area contributed by atoms with Gasteiger partial charge in [0.15, 0.2) is 0 Å². The number of benzene rings is 4. The average Bonchev–Trinajstić information content (AvgIpc) is 3.12. The fraction of sp³-hybridized carbons (Fsp3) is 0.0556.